The monoisotopic (exact) mass is 410 g/mol. The molecule has 1 aromatic carbocycles. The van der Waals surface area contributed by atoms with Gasteiger partial charge in [0.25, 0.3) is 5.91 Å². The Kier molecular flexibility index (Phi) is 8.22. The van der Waals surface area contributed by atoms with Gasteiger partial charge in [-0.1, -0.05) is 6.07 Å². The van der Waals surface area contributed by atoms with Gasteiger partial charge in [0.2, 0.25) is 10.0 Å². The number of ether oxygens (including phenoxy) is 1. The fraction of sp³-hybridized carbons (Fsp3) is 0.500. The minimum Gasteiger partial charge on any atom is -0.453 e. The van der Waals surface area contributed by atoms with Crippen LogP contribution in [0.15, 0.2) is 29.2 Å². The first-order valence-corrected chi connectivity index (χ1v) is 9.59. The molecule has 0 spiro atoms. The molecule has 11 heteroatoms. The summed E-state index contributed by atoms with van der Waals surface area (Å²) in [6.07, 6.45) is -5.73. The number of sulfonamides is 1. The molecule has 0 radical (unpaired) electrons. The highest BCUT2D eigenvalue weighted by molar-refractivity contribution is 7.89. The Morgan fingerprint density at radius 1 is 1.26 bits per heavy atom. The maximum Gasteiger partial charge on any atom is 0.416 e. The van der Waals surface area contributed by atoms with Crippen molar-refractivity contribution in [1.29, 1.82) is 0 Å². The van der Waals surface area contributed by atoms with E-state index in [-0.39, 0.29) is 19.4 Å². The third-order valence-electron chi connectivity index (χ3n) is 3.35. The number of rotatable bonds is 9. The minimum atomic E-state index is -4.66. The first kappa shape index (κ1) is 22.9. The summed E-state index contributed by atoms with van der Waals surface area (Å²) in [6.45, 7) is 3.32. The van der Waals surface area contributed by atoms with Crippen LogP contribution in [0.3, 0.4) is 0 Å². The molecule has 2 N–H and O–H groups in total. The Morgan fingerprint density at radius 3 is 2.52 bits per heavy atom. The Morgan fingerprint density at radius 2 is 1.93 bits per heavy atom. The number of benzene rings is 1. The molecule has 0 aliphatic rings. The maximum atomic E-state index is 12.7. The van der Waals surface area contributed by atoms with Crippen LogP contribution < -0.4 is 10.0 Å². The molecule has 0 saturated heterocycles. The number of alkyl halides is 3. The Hall–Kier alpha value is -2.14. The van der Waals surface area contributed by atoms with Gasteiger partial charge in [-0.15, -0.1) is 0 Å². The van der Waals surface area contributed by atoms with E-state index in [0.717, 1.165) is 18.2 Å². The van der Waals surface area contributed by atoms with Gasteiger partial charge in [-0.25, -0.2) is 13.1 Å². The highest BCUT2D eigenvalue weighted by Crippen LogP contribution is 2.30. The van der Waals surface area contributed by atoms with Crippen molar-refractivity contribution in [1.82, 2.24) is 10.0 Å². The number of carbonyl (C=O) groups excluding carboxylic acids is 2. The number of esters is 1. The second kappa shape index (κ2) is 9.70. The predicted octanol–water partition coefficient (Wildman–Crippen LogP) is 1.83. The van der Waals surface area contributed by atoms with Crippen LogP contribution in [0.5, 0.6) is 0 Å². The highest BCUT2D eigenvalue weighted by atomic mass is 32.2. The average molecular weight is 410 g/mol. The molecule has 1 amide bonds. The van der Waals surface area contributed by atoms with Crippen molar-refractivity contribution >= 4 is 21.9 Å². The van der Waals surface area contributed by atoms with E-state index in [1.165, 1.54) is 6.92 Å². The number of likely N-dealkylation sites (N-methyl/N-ethyl adjacent to an activating group) is 1. The van der Waals surface area contributed by atoms with E-state index in [2.05, 4.69) is 10.0 Å². The molecule has 0 unspecified atom stereocenters. The lowest BCUT2D eigenvalue weighted by atomic mass is 10.2. The number of amides is 1. The molecular formula is C16H21F3N2O5S. The summed E-state index contributed by atoms with van der Waals surface area (Å²) in [4.78, 5) is 22.5. The minimum absolute atomic E-state index is 0.0547. The zero-order valence-corrected chi connectivity index (χ0v) is 15.6. The van der Waals surface area contributed by atoms with Crippen LogP contribution in [0.2, 0.25) is 0 Å². The number of halogens is 3. The van der Waals surface area contributed by atoms with Gasteiger partial charge >= 0.3 is 12.1 Å². The van der Waals surface area contributed by atoms with Gasteiger partial charge in [0, 0.05) is 19.5 Å². The van der Waals surface area contributed by atoms with Crippen LogP contribution in [-0.4, -0.2) is 39.5 Å². The van der Waals surface area contributed by atoms with E-state index in [1.807, 2.05) is 0 Å². The quantitative estimate of drug-likeness (QED) is 0.478. The van der Waals surface area contributed by atoms with Gasteiger partial charge in [0.1, 0.15) is 0 Å². The second-order valence-electron chi connectivity index (χ2n) is 5.55. The molecular weight excluding hydrogens is 389 g/mol. The molecule has 1 aromatic rings. The van der Waals surface area contributed by atoms with Crippen LogP contribution in [0.25, 0.3) is 0 Å². The fourth-order valence-electron chi connectivity index (χ4n) is 1.99. The fourth-order valence-corrected chi connectivity index (χ4v) is 3.11. The summed E-state index contributed by atoms with van der Waals surface area (Å²) in [7, 11) is -4.15. The normalized spacial score (nSPS) is 13.1. The summed E-state index contributed by atoms with van der Waals surface area (Å²) >= 11 is 0. The maximum absolute atomic E-state index is 12.7. The van der Waals surface area contributed by atoms with Crippen molar-refractivity contribution < 1.29 is 35.9 Å². The average Bonchev–Trinajstić information content (AvgIpc) is 2.58. The molecule has 1 rings (SSSR count). The molecule has 0 fully saturated rings. The molecule has 0 heterocycles. The van der Waals surface area contributed by atoms with Gasteiger partial charge in [0.05, 0.1) is 10.5 Å². The summed E-state index contributed by atoms with van der Waals surface area (Å²) in [5, 5.41) is 2.48. The third kappa shape index (κ3) is 7.55. The van der Waals surface area contributed by atoms with E-state index in [9.17, 15) is 31.2 Å². The van der Waals surface area contributed by atoms with E-state index >= 15 is 0 Å². The summed E-state index contributed by atoms with van der Waals surface area (Å²) < 4.78 is 69.1. The largest absolute Gasteiger partial charge is 0.453 e. The molecule has 1 atom stereocenters. The lowest BCUT2D eigenvalue weighted by Gasteiger charge is -2.13. The Balaban J connectivity index is 2.52. The van der Waals surface area contributed by atoms with Crippen LogP contribution in [0, 0.1) is 0 Å². The van der Waals surface area contributed by atoms with Gasteiger partial charge in [-0.05, 0) is 38.5 Å². The van der Waals surface area contributed by atoms with E-state index < -0.39 is 44.6 Å². The predicted molar refractivity (Wildman–Crippen MR) is 90.1 cm³/mol. The first-order chi connectivity index (χ1) is 12.5. The topological polar surface area (TPSA) is 102 Å². The third-order valence-corrected chi connectivity index (χ3v) is 4.81. The van der Waals surface area contributed by atoms with E-state index in [0.29, 0.717) is 12.6 Å². The molecule has 0 bridgehead atoms. The summed E-state index contributed by atoms with van der Waals surface area (Å²) in [5.74, 6) is -1.14. The number of hydrogen-bond donors (Lipinski definition) is 2. The van der Waals surface area contributed by atoms with Crippen LogP contribution in [0.4, 0.5) is 13.2 Å². The van der Waals surface area contributed by atoms with Gasteiger partial charge in [-0.3, -0.25) is 9.59 Å². The van der Waals surface area contributed by atoms with Crippen molar-refractivity contribution in [3.05, 3.63) is 29.8 Å². The SMILES string of the molecule is CCNC(=O)[C@@H](C)OC(=O)CCCNS(=O)(=O)c1cccc(C(F)(F)F)c1. The molecule has 0 aliphatic carbocycles. The number of nitrogens with one attached hydrogen (secondary N) is 2. The highest BCUT2D eigenvalue weighted by Gasteiger charge is 2.31. The molecule has 0 aromatic heterocycles. The van der Waals surface area contributed by atoms with E-state index in [4.69, 9.17) is 4.74 Å². The van der Waals surface area contributed by atoms with Crippen LogP contribution >= 0.6 is 0 Å². The zero-order chi connectivity index (χ0) is 20.7. The smallest absolute Gasteiger partial charge is 0.416 e. The molecule has 0 aliphatic heterocycles. The summed E-state index contributed by atoms with van der Waals surface area (Å²) in [6, 6.07) is 3.34. The number of carbonyl (C=O) groups is 2. The first-order valence-electron chi connectivity index (χ1n) is 8.11. The lowest BCUT2D eigenvalue weighted by Crippen LogP contribution is -2.35. The van der Waals surface area contributed by atoms with Crippen molar-refractivity contribution in [2.45, 2.75) is 43.9 Å². The second-order valence-corrected chi connectivity index (χ2v) is 7.32. The van der Waals surface area contributed by atoms with Crippen molar-refractivity contribution in [3.8, 4) is 0 Å². The van der Waals surface area contributed by atoms with Crippen LogP contribution in [-0.2, 0) is 30.5 Å². The van der Waals surface area contributed by atoms with Crippen molar-refractivity contribution in [2.24, 2.45) is 0 Å². The zero-order valence-electron chi connectivity index (χ0n) is 14.8. The Bertz CT molecular complexity index is 766. The van der Waals surface area contributed by atoms with Gasteiger partial charge < -0.3 is 10.1 Å². The Labute approximate surface area is 155 Å². The summed E-state index contributed by atoms with van der Waals surface area (Å²) in [5.41, 5.74) is -1.08. The van der Waals surface area contributed by atoms with Crippen molar-refractivity contribution in [3.63, 3.8) is 0 Å². The van der Waals surface area contributed by atoms with E-state index in [1.54, 1.807) is 6.92 Å². The van der Waals surface area contributed by atoms with Gasteiger partial charge in [-0.2, -0.15) is 13.2 Å². The number of hydrogen-bond acceptors (Lipinski definition) is 5. The molecule has 7 nitrogen and oxygen atoms in total. The molecule has 152 valence electrons. The molecule has 27 heavy (non-hydrogen) atoms. The van der Waals surface area contributed by atoms with Gasteiger partial charge in [0.15, 0.2) is 6.10 Å². The standard InChI is InChI=1S/C16H21F3N2O5S/c1-3-20-15(23)11(2)26-14(22)8-5-9-21-27(24,25)13-7-4-6-12(10-13)16(17,18)19/h4,6-7,10-11,21H,3,5,8-9H2,1-2H3,(H,20,23)/t11-/m1/s1. The van der Waals surface area contributed by atoms with Crippen LogP contribution in [0.1, 0.15) is 32.3 Å². The lowest BCUT2D eigenvalue weighted by molar-refractivity contribution is -0.154. The van der Waals surface area contributed by atoms with Crippen molar-refractivity contribution in [2.75, 3.05) is 13.1 Å². The molecule has 0 saturated carbocycles.